The number of nitrogens with zero attached hydrogens (tertiary/aromatic N) is 2. The van der Waals surface area contributed by atoms with Crippen molar-refractivity contribution in [2.75, 3.05) is 41.0 Å². The molecule has 2 aromatic carbocycles. The largest absolute Gasteiger partial charge is 0.493 e. The molecule has 1 saturated heterocycles. The van der Waals surface area contributed by atoms with E-state index in [1.54, 1.807) is 21.3 Å². The van der Waals surface area contributed by atoms with Gasteiger partial charge in [-0.3, -0.25) is 9.69 Å². The van der Waals surface area contributed by atoms with E-state index in [-0.39, 0.29) is 5.92 Å². The van der Waals surface area contributed by atoms with Crippen LogP contribution >= 0.6 is 0 Å². The second kappa shape index (κ2) is 16.2. The minimum absolute atomic E-state index is 0.0988. The van der Waals surface area contributed by atoms with E-state index < -0.39 is 11.9 Å². The first kappa shape index (κ1) is 31.4. The lowest BCUT2D eigenvalue weighted by Crippen LogP contribution is -2.42. The summed E-state index contributed by atoms with van der Waals surface area (Å²) < 4.78 is 16.4. The molecule has 1 aliphatic rings. The third kappa shape index (κ3) is 9.79. The van der Waals surface area contributed by atoms with E-state index in [4.69, 9.17) is 34.0 Å². The molecule has 0 atom stereocenters. The van der Waals surface area contributed by atoms with Crippen molar-refractivity contribution in [1.82, 2.24) is 9.80 Å². The summed E-state index contributed by atoms with van der Waals surface area (Å²) in [7, 11) is 4.89. The van der Waals surface area contributed by atoms with E-state index in [1.807, 2.05) is 30.3 Å². The fourth-order valence-corrected chi connectivity index (χ4v) is 4.50. The molecule has 10 heteroatoms. The van der Waals surface area contributed by atoms with Gasteiger partial charge in [0.15, 0.2) is 11.5 Å². The third-order valence-corrected chi connectivity index (χ3v) is 6.56. The summed E-state index contributed by atoms with van der Waals surface area (Å²) in [6, 6.07) is 14.3. The molecule has 3 rings (SSSR count). The lowest BCUT2D eigenvalue weighted by atomic mass is 9.94. The Morgan fingerprint density at radius 1 is 0.897 bits per heavy atom. The Morgan fingerprint density at radius 3 is 1.92 bits per heavy atom. The van der Waals surface area contributed by atoms with Gasteiger partial charge >= 0.3 is 11.9 Å². The fraction of sp³-hybridized carbons (Fsp3) is 0.483. The molecule has 1 fully saturated rings. The molecule has 10 nitrogen and oxygen atoms in total. The Hall–Kier alpha value is -3.79. The quantitative estimate of drug-likeness (QED) is 0.405. The maximum Gasteiger partial charge on any atom is 0.414 e. The summed E-state index contributed by atoms with van der Waals surface area (Å²) in [5.41, 5.74) is 2.31. The van der Waals surface area contributed by atoms with Crippen molar-refractivity contribution in [3.8, 4) is 17.2 Å². The summed E-state index contributed by atoms with van der Waals surface area (Å²) in [5.74, 6) is -1.29. The number of carbonyl (C=O) groups is 3. The smallest absolute Gasteiger partial charge is 0.414 e. The van der Waals surface area contributed by atoms with Crippen LogP contribution in [-0.2, 0) is 27.5 Å². The van der Waals surface area contributed by atoms with Crippen LogP contribution in [0.4, 0.5) is 0 Å². The SMILES string of the molecule is CCCCN(Cc1ccccc1)C(=O)C1CCN(Cc2cc(OC)c(OC)c(OC)c2)CC1.O=C(O)C(=O)O. The number of hydrogen-bond acceptors (Lipinski definition) is 7. The molecule has 214 valence electrons. The van der Waals surface area contributed by atoms with Crippen molar-refractivity contribution in [3.63, 3.8) is 0 Å². The molecule has 0 aliphatic carbocycles. The van der Waals surface area contributed by atoms with Crippen LogP contribution in [0.5, 0.6) is 17.2 Å². The second-order valence-corrected chi connectivity index (χ2v) is 9.29. The molecular weight excluding hydrogens is 504 g/mol. The van der Waals surface area contributed by atoms with Crippen LogP contribution in [0.2, 0.25) is 0 Å². The summed E-state index contributed by atoms with van der Waals surface area (Å²) in [6.07, 6.45) is 3.91. The number of piperidine rings is 1. The van der Waals surface area contributed by atoms with E-state index in [2.05, 4.69) is 28.9 Å². The summed E-state index contributed by atoms with van der Waals surface area (Å²) >= 11 is 0. The topological polar surface area (TPSA) is 126 Å². The third-order valence-electron chi connectivity index (χ3n) is 6.56. The maximum atomic E-state index is 13.4. The number of carboxylic acids is 2. The lowest BCUT2D eigenvalue weighted by molar-refractivity contribution is -0.159. The molecular formula is C29H40N2O8. The number of hydrogen-bond donors (Lipinski definition) is 2. The van der Waals surface area contributed by atoms with Crippen LogP contribution in [0.15, 0.2) is 42.5 Å². The van der Waals surface area contributed by atoms with Gasteiger partial charge in [0.05, 0.1) is 21.3 Å². The number of aliphatic carboxylic acids is 2. The number of rotatable bonds is 11. The minimum Gasteiger partial charge on any atom is -0.493 e. The van der Waals surface area contributed by atoms with Crippen LogP contribution in [-0.4, -0.2) is 78.8 Å². The van der Waals surface area contributed by atoms with Crippen molar-refractivity contribution in [2.24, 2.45) is 5.92 Å². The maximum absolute atomic E-state index is 13.4. The van der Waals surface area contributed by atoms with Gasteiger partial charge in [0.1, 0.15) is 0 Å². The van der Waals surface area contributed by atoms with Gasteiger partial charge in [-0.05, 0) is 55.6 Å². The van der Waals surface area contributed by atoms with Crippen molar-refractivity contribution < 1.29 is 38.8 Å². The van der Waals surface area contributed by atoms with Gasteiger partial charge in [0.25, 0.3) is 0 Å². The lowest BCUT2D eigenvalue weighted by Gasteiger charge is -2.34. The first-order valence-electron chi connectivity index (χ1n) is 13.0. The zero-order chi connectivity index (χ0) is 28.8. The molecule has 0 unspecified atom stereocenters. The Bertz CT molecular complexity index is 1030. The molecule has 1 amide bonds. The highest BCUT2D eigenvalue weighted by Gasteiger charge is 2.29. The Kier molecular flexibility index (Phi) is 13.1. The normalized spacial score (nSPS) is 13.5. The number of ether oxygens (including phenoxy) is 3. The number of unbranched alkanes of at least 4 members (excludes halogenated alkanes) is 1. The van der Waals surface area contributed by atoms with Crippen molar-refractivity contribution in [3.05, 3.63) is 53.6 Å². The van der Waals surface area contributed by atoms with Crippen LogP contribution in [0.3, 0.4) is 0 Å². The molecule has 2 aromatic rings. The van der Waals surface area contributed by atoms with Gasteiger partial charge in [0.2, 0.25) is 11.7 Å². The highest BCUT2D eigenvalue weighted by molar-refractivity contribution is 6.27. The van der Waals surface area contributed by atoms with Gasteiger partial charge in [-0.25, -0.2) is 9.59 Å². The van der Waals surface area contributed by atoms with Crippen molar-refractivity contribution in [1.29, 1.82) is 0 Å². The summed E-state index contributed by atoms with van der Waals surface area (Å²) in [5, 5.41) is 14.8. The number of amides is 1. The predicted octanol–water partition coefficient (Wildman–Crippen LogP) is 3.91. The van der Waals surface area contributed by atoms with Gasteiger partial charge in [-0.15, -0.1) is 0 Å². The average Bonchev–Trinajstić information content (AvgIpc) is 2.95. The van der Waals surface area contributed by atoms with E-state index >= 15 is 0 Å². The molecule has 0 radical (unpaired) electrons. The number of carbonyl (C=O) groups excluding carboxylic acids is 1. The number of benzene rings is 2. The van der Waals surface area contributed by atoms with Crippen LogP contribution in [0, 0.1) is 5.92 Å². The minimum atomic E-state index is -1.82. The van der Waals surface area contributed by atoms with Gasteiger partial charge < -0.3 is 29.3 Å². The van der Waals surface area contributed by atoms with E-state index in [0.717, 1.165) is 57.4 Å². The van der Waals surface area contributed by atoms with Crippen LogP contribution < -0.4 is 14.2 Å². The Morgan fingerprint density at radius 2 is 1.46 bits per heavy atom. The number of carboxylic acid groups (broad SMARTS) is 2. The Balaban J connectivity index is 0.000000798. The van der Waals surface area contributed by atoms with Gasteiger partial charge in [0, 0.05) is 25.6 Å². The van der Waals surface area contributed by atoms with Crippen molar-refractivity contribution in [2.45, 2.75) is 45.7 Å². The zero-order valence-corrected chi connectivity index (χ0v) is 23.2. The summed E-state index contributed by atoms with van der Waals surface area (Å²) in [6.45, 7) is 6.30. The van der Waals surface area contributed by atoms with Crippen LogP contribution in [0.25, 0.3) is 0 Å². The molecule has 0 aromatic heterocycles. The first-order valence-corrected chi connectivity index (χ1v) is 13.0. The second-order valence-electron chi connectivity index (χ2n) is 9.29. The number of methoxy groups -OCH3 is 3. The first-order chi connectivity index (χ1) is 18.7. The predicted molar refractivity (Wildman–Crippen MR) is 146 cm³/mol. The fourth-order valence-electron chi connectivity index (χ4n) is 4.50. The monoisotopic (exact) mass is 544 g/mol. The standard InChI is InChI=1S/C27H38N2O4.C2H2O4/c1-5-6-14-29(20-21-10-8-7-9-11-21)27(30)23-12-15-28(16-13-23)19-22-17-24(31-2)26(33-4)25(18-22)32-3;3-1(4)2(5)6/h7-11,17-18,23H,5-6,12-16,19-20H2,1-4H3;(H,3,4)(H,5,6). The van der Waals surface area contributed by atoms with E-state index in [9.17, 15) is 4.79 Å². The molecule has 0 saturated carbocycles. The zero-order valence-electron chi connectivity index (χ0n) is 23.2. The van der Waals surface area contributed by atoms with Crippen molar-refractivity contribution >= 4 is 17.8 Å². The molecule has 0 spiro atoms. The van der Waals surface area contributed by atoms with E-state index in [0.29, 0.717) is 29.7 Å². The molecule has 39 heavy (non-hydrogen) atoms. The molecule has 2 N–H and O–H groups in total. The average molecular weight is 545 g/mol. The Labute approximate surface area is 230 Å². The highest BCUT2D eigenvalue weighted by Crippen LogP contribution is 2.38. The van der Waals surface area contributed by atoms with Crippen LogP contribution in [0.1, 0.15) is 43.7 Å². The molecule has 1 heterocycles. The highest BCUT2D eigenvalue weighted by atomic mass is 16.5. The number of likely N-dealkylation sites (tertiary alicyclic amines) is 1. The van der Waals surface area contributed by atoms with Gasteiger partial charge in [-0.1, -0.05) is 43.7 Å². The molecule has 0 bridgehead atoms. The van der Waals surface area contributed by atoms with E-state index in [1.165, 1.54) is 5.56 Å². The van der Waals surface area contributed by atoms with Gasteiger partial charge in [-0.2, -0.15) is 0 Å². The molecule has 1 aliphatic heterocycles. The summed E-state index contributed by atoms with van der Waals surface area (Å²) in [4.78, 5) is 36.0.